The van der Waals surface area contributed by atoms with Crippen LogP contribution in [0.15, 0.2) is 24.3 Å². The molecule has 0 radical (unpaired) electrons. The quantitative estimate of drug-likeness (QED) is 0.876. The average Bonchev–Trinajstić information content (AvgIpc) is 3.05. The van der Waals surface area contributed by atoms with Gasteiger partial charge in [-0.25, -0.2) is 0 Å². The van der Waals surface area contributed by atoms with E-state index >= 15 is 0 Å². The smallest absolute Gasteiger partial charge is 0.238 e. The lowest BCUT2D eigenvalue weighted by molar-refractivity contribution is -0.117. The molecular weight excluding hydrogens is 300 g/mol. The molecule has 0 saturated carbocycles. The predicted octanol–water partition coefficient (Wildman–Crippen LogP) is 1.26. The van der Waals surface area contributed by atoms with Gasteiger partial charge >= 0.3 is 0 Å². The van der Waals surface area contributed by atoms with E-state index in [0.29, 0.717) is 17.6 Å². The van der Waals surface area contributed by atoms with Gasteiger partial charge < -0.3 is 10.6 Å². The van der Waals surface area contributed by atoms with E-state index in [2.05, 4.69) is 20.4 Å². The first-order valence-corrected chi connectivity index (χ1v) is 8.31. The van der Waals surface area contributed by atoms with Crippen LogP contribution < -0.4 is 10.6 Å². The van der Waals surface area contributed by atoms with Crippen molar-refractivity contribution in [3.63, 3.8) is 0 Å². The number of rotatable bonds is 4. The molecule has 1 aromatic carbocycles. The van der Waals surface area contributed by atoms with Gasteiger partial charge in [0.05, 0.1) is 6.54 Å². The van der Waals surface area contributed by atoms with Gasteiger partial charge in [0, 0.05) is 49.5 Å². The molecule has 0 spiro atoms. The maximum atomic E-state index is 12.1. The first kappa shape index (κ1) is 15.7. The number of halogens is 1. The molecule has 0 bridgehead atoms. The van der Waals surface area contributed by atoms with Crippen LogP contribution in [0.25, 0.3) is 0 Å². The van der Waals surface area contributed by atoms with Gasteiger partial charge in [-0.15, -0.1) is 0 Å². The second kappa shape index (κ2) is 7.42. The molecule has 1 amide bonds. The van der Waals surface area contributed by atoms with E-state index in [1.165, 1.54) is 6.42 Å². The Balaban J connectivity index is 1.42. The number of amides is 1. The summed E-state index contributed by atoms with van der Waals surface area (Å²) < 4.78 is 0. The van der Waals surface area contributed by atoms with E-state index < -0.39 is 0 Å². The second-order valence-electron chi connectivity index (χ2n) is 6.01. The van der Waals surface area contributed by atoms with Gasteiger partial charge in [0.25, 0.3) is 0 Å². The third kappa shape index (κ3) is 4.20. The van der Waals surface area contributed by atoms with Crippen LogP contribution in [0, 0.1) is 0 Å². The minimum absolute atomic E-state index is 0.0401. The Labute approximate surface area is 136 Å². The highest BCUT2D eigenvalue weighted by molar-refractivity contribution is 6.30. The van der Waals surface area contributed by atoms with Crippen LogP contribution in [0.5, 0.6) is 0 Å². The molecular formula is C16H23ClN4O. The summed E-state index contributed by atoms with van der Waals surface area (Å²) >= 11 is 5.84. The number of carbonyl (C=O) groups is 1. The zero-order valence-electron chi connectivity index (χ0n) is 12.7. The van der Waals surface area contributed by atoms with E-state index in [9.17, 15) is 4.79 Å². The Morgan fingerprint density at radius 3 is 2.59 bits per heavy atom. The largest absolute Gasteiger partial charge is 0.325 e. The molecule has 0 aromatic heterocycles. The summed E-state index contributed by atoms with van der Waals surface area (Å²) in [6, 6.07) is 7.90. The summed E-state index contributed by atoms with van der Waals surface area (Å²) in [6.07, 6.45) is 1.25. The molecule has 6 heteroatoms. The molecule has 2 aliphatic rings. The normalized spacial score (nSPS) is 23.6. The topological polar surface area (TPSA) is 47.6 Å². The third-order valence-electron chi connectivity index (χ3n) is 4.45. The lowest BCUT2D eigenvalue weighted by Crippen LogP contribution is -2.52. The number of hydrogen-bond donors (Lipinski definition) is 2. The van der Waals surface area contributed by atoms with Crippen molar-refractivity contribution >= 4 is 23.2 Å². The van der Waals surface area contributed by atoms with Gasteiger partial charge in [-0.05, 0) is 37.2 Å². The number of carbonyl (C=O) groups excluding carboxylic acids is 1. The monoisotopic (exact) mass is 322 g/mol. The average molecular weight is 323 g/mol. The minimum Gasteiger partial charge on any atom is -0.325 e. The number of anilines is 1. The number of hydrogen-bond acceptors (Lipinski definition) is 4. The summed E-state index contributed by atoms with van der Waals surface area (Å²) in [5, 5.41) is 7.01. The van der Waals surface area contributed by atoms with Crippen molar-refractivity contribution in [1.29, 1.82) is 0 Å². The van der Waals surface area contributed by atoms with Crippen molar-refractivity contribution < 1.29 is 4.79 Å². The van der Waals surface area contributed by atoms with Gasteiger partial charge in [-0.1, -0.05) is 11.6 Å². The molecule has 3 rings (SSSR count). The fraction of sp³-hybridized carbons (Fsp3) is 0.562. The maximum Gasteiger partial charge on any atom is 0.238 e. The second-order valence-corrected chi connectivity index (χ2v) is 6.45. The van der Waals surface area contributed by atoms with Crippen LogP contribution in [-0.4, -0.2) is 67.6 Å². The van der Waals surface area contributed by atoms with Crippen LogP contribution in [0.1, 0.15) is 6.42 Å². The maximum absolute atomic E-state index is 12.1. The highest BCUT2D eigenvalue weighted by Gasteiger charge is 2.26. The molecule has 1 aromatic rings. The Hall–Kier alpha value is -1.14. The van der Waals surface area contributed by atoms with E-state index in [1.54, 1.807) is 12.1 Å². The van der Waals surface area contributed by atoms with Gasteiger partial charge in [-0.2, -0.15) is 0 Å². The zero-order valence-corrected chi connectivity index (χ0v) is 13.5. The summed E-state index contributed by atoms with van der Waals surface area (Å²) in [5.41, 5.74) is 0.796. The van der Waals surface area contributed by atoms with E-state index in [1.807, 2.05) is 12.1 Å². The van der Waals surface area contributed by atoms with Crippen molar-refractivity contribution in [2.75, 3.05) is 51.1 Å². The highest BCUT2D eigenvalue weighted by atomic mass is 35.5. The molecule has 2 heterocycles. The molecule has 2 fully saturated rings. The molecule has 1 unspecified atom stereocenters. The molecule has 2 aliphatic heterocycles. The van der Waals surface area contributed by atoms with Crippen LogP contribution in [0.4, 0.5) is 5.69 Å². The van der Waals surface area contributed by atoms with Crippen LogP contribution >= 0.6 is 11.6 Å². The van der Waals surface area contributed by atoms with Crippen molar-refractivity contribution in [1.82, 2.24) is 15.1 Å². The SMILES string of the molecule is O=C(CN1CCN(C2CCNC2)CC1)Nc1ccc(Cl)cc1. The first-order valence-electron chi connectivity index (χ1n) is 7.93. The third-order valence-corrected chi connectivity index (χ3v) is 4.70. The Morgan fingerprint density at radius 1 is 1.23 bits per heavy atom. The fourth-order valence-corrected chi connectivity index (χ4v) is 3.30. The van der Waals surface area contributed by atoms with Crippen LogP contribution in [0.2, 0.25) is 5.02 Å². The lowest BCUT2D eigenvalue weighted by atomic mass is 10.2. The molecule has 5 nitrogen and oxygen atoms in total. The number of nitrogens with zero attached hydrogens (tertiary/aromatic N) is 2. The standard InChI is InChI=1S/C16H23ClN4O/c17-13-1-3-14(4-2-13)19-16(22)12-20-7-9-21(10-8-20)15-5-6-18-11-15/h1-4,15,18H,5-12H2,(H,19,22). The highest BCUT2D eigenvalue weighted by Crippen LogP contribution is 2.14. The lowest BCUT2D eigenvalue weighted by Gasteiger charge is -2.37. The minimum atomic E-state index is 0.0401. The van der Waals surface area contributed by atoms with Crippen LogP contribution in [0.3, 0.4) is 0 Å². The van der Waals surface area contributed by atoms with Gasteiger partial charge in [0.15, 0.2) is 0 Å². The number of piperazine rings is 1. The van der Waals surface area contributed by atoms with Gasteiger partial charge in [0.2, 0.25) is 5.91 Å². The first-order chi connectivity index (χ1) is 10.7. The Bertz CT molecular complexity index is 493. The van der Waals surface area contributed by atoms with E-state index in [-0.39, 0.29) is 5.91 Å². The van der Waals surface area contributed by atoms with Crippen LogP contribution in [-0.2, 0) is 4.79 Å². The summed E-state index contributed by atoms with van der Waals surface area (Å²) in [5.74, 6) is 0.0401. The Kier molecular flexibility index (Phi) is 5.31. The molecule has 2 N–H and O–H groups in total. The molecule has 120 valence electrons. The fourth-order valence-electron chi connectivity index (χ4n) is 3.17. The molecule has 1 atom stereocenters. The van der Waals surface area contributed by atoms with Crippen molar-refractivity contribution in [2.24, 2.45) is 0 Å². The van der Waals surface area contributed by atoms with Crippen molar-refractivity contribution in [2.45, 2.75) is 12.5 Å². The Morgan fingerprint density at radius 2 is 1.95 bits per heavy atom. The number of benzene rings is 1. The van der Waals surface area contributed by atoms with Crippen molar-refractivity contribution in [3.05, 3.63) is 29.3 Å². The zero-order chi connectivity index (χ0) is 15.4. The number of nitrogens with one attached hydrogen (secondary N) is 2. The molecule has 2 saturated heterocycles. The molecule has 22 heavy (non-hydrogen) atoms. The summed E-state index contributed by atoms with van der Waals surface area (Å²) in [6.45, 7) is 6.74. The summed E-state index contributed by atoms with van der Waals surface area (Å²) in [4.78, 5) is 16.9. The van der Waals surface area contributed by atoms with E-state index in [0.717, 1.165) is 45.0 Å². The predicted molar refractivity (Wildman–Crippen MR) is 89.4 cm³/mol. The van der Waals surface area contributed by atoms with Gasteiger partial charge in [0.1, 0.15) is 0 Å². The van der Waals surface area contributed by atoms with Gasteiger partial charge in [-0.3, -0.25) is 14.6 Å². The van der Waals surface area contributed by atoms with E-state index in [4.69, 9.17) is 11.6 Å². The summed E-state index contributed by atoms with van der Waals surface area (Å²) in [7, 11) is 0. The molecule has 0 aliphatic carbocycles. The van der Waals surface area contributed by atoms with Crippen molar-refractivity contribution in [3.8, 4) is 0 Å².